The van der Waals surface area contributed by atoms with Crippen molar-refractivity contribution in [1.29, 1.82) is 0 Å². The SMILES string of the molecule is CC(C)c1cc2c3c(c1)c1cc(C(C)(C)C)ccc1n3B1c3ccc(C(C)(C)C)cc3Oc3cc(C(C)(C)C)cc-2c31. The summed E-state index contributed by atoms with van der Waals surface area (Å²) < 4.78 is 9.56. The van der Waals surface area contributed by atoms with E-state index >= 15 is 0 Å². The smallest absolute Gasteiger partial charge is 0.336 e. The molecule has 0 aliphatic carbocycles. The number of hydrogen-bond acceptors (Lipinski definition) is 1. The largest absolute Gasteiger partial charge is 0.458 e. The Kier molecular flexibility index (Phi) is 5.58. The first-order chi connectivity index (χ1) is 19.5. The first-order valence-corrected chi connectivity index (χ1v) is 15.7. The molecule has 0 saturated heterocycles. The maximum atomic E-state index is 6.92. The van der Waals surface area contributed by atoms with Gasteiger partial charge < -0.3 is 9.21 Å². The molecule has 5 aromatic rings. The molecule has 7 rings (SSSR count). The molecule has 2 aliphatic rings. The fourth-order valence-corrected chi connectivity index (χ4v) is 6.98. The van der Waals surface area contributed by atoms with Crippen molar-refractivity contribution in [3.8, 4) is 22.6 Å². The zero-order valence-corrected chi connectivity index (χ0v) is 27.3. The van der Waals surface area contributed by atoms with Gasteiger partial charge in [-0.2, -0.15) is 0 Å². The predicted octanol–water partition coefficient (Wildman–Crippen LogP) is 9.55. The molecular weight excluding hydrogens is 509 g/mol. The summed E-state index contributed by atoms with van der Waals surface area (Å²) in [6.07, 6.45) is 0. The molecule has 1 aromatic heterocycles. The number of benzene rings is 4. The summed E-state index contributed by atoms with van der Waals surface area (Å²) in [6.45, 7) is 25.4. The Morgan fingerprint density at radius 2 is 1.24 bits per heavy atom. The number of fused-ring (bicyclic) bond motifs is 7. The average molecular weight is 554 g/mol. The topological polar surface area (TPSA) is 14.2 Å². The Labute approximate surface area is 252 Å². The van der Waals surface area contributed by atoms with Crippen molar-refractivity contribution in [1.82, 2.24) is 4.48 Å². The van der Waals surface area contributed by atoms with Crippen LogP contribution in [0.4, 0.5) is 0 Å². The van der Waals surface area contributed by atoms with Gasteiger partial charge in [0, 0.05) is 32.8 Å². The Bertz CT molecular complexity index is 1930. The molecule has 42 heavy (non-hydrogen) atoms. The molecule has 0 amide bonds. The molecular formula is C39H44BNO. The van der Waals surface area contributed by atoms with Gasteiger partial charge in [0.2, 0.25) is 0 Å². The van der Waals surface area contributed by atoms with Gasteiger partial charge in [0.25, 0.3) is 0 Å². The lowest BCUT2D eigenvalue weighted by molar-refractivity contribution is 0.479. The number of hydrogen-bond donors (Lipinski definition) is 0. The molecule has 0 bridgehead atoms. The molecule has 0 unspecified atom stereocenters. The summed E-state index contributed by atoms with van der Waals surface area (Å²) in [6, 6.07) is 23.8. The van der Waals surface area contributed by atoms with E-state index < -0.39 is 0 Å². The second-order valence-electron chi connectivity index (χ2n) is 16.2. The highest BCUT2D eigenvalue weighted by Crippen LogP contribution is 2.46. The lowest BCUT2D eigenvalue weighted by Crippen LogP contribution is -2.54. The van der Waals surface area contributed by atoms with Crippen molar-refractivity contribution in [3.05, 3.63) is 82.9 Å². The van der Waals surface area contributed by atoms with E-state index in [4.69, 9.17) is 4.74 Å². The van der Waals surface area contributed by atoms with E-state index in [9.17, 15) is 0 Å². The minimum atomic E-state index is -0.00153. The molecule has 3 heteroatoms. The van der Waals surface area contributed by atoms with Crippen molar-refractivity contribution < 1.29 is 4.74 Å². The number of ether oxygens (including phenoxy) is 1. The molecule has 2 aliphatic heterocycles. The maximum Gasteiger partial charge on any atom is 0.336 e. The fraction of sp³-hybridized carbons (Fsp3) is 0.385. The lowest BCUT2D eigenvalue weighted by atomic mass is 9.45. The van der Waals surface area contributed by atoms with Gasteiger partial charge in [-0.1, -0.05) is 100 Å². The molecule has 0 spiro atoms. The summed E-state index contributed by atoms with van der Waals surface area (Å²) in [5, 5.41) is 2.72. The van der Waals surface area contributed by atoms with Gasteiger partial charge in [-0.3, -0.25) is 0 Å². The summed E-state index contributed by atoms with van der Waals surface area (Å²) >= 11 is 0. The van der Waals surface area contributed by atoms with Gasteiger partial charge in [0.1, 0.15) is 11.5 Å². The highest BCUT2D eigenvalue weighted by Gasteiger charge is 2.42. The first-order valence-electron chi connectivity index (χ1n) is 15.7. The number of rotatable bonds is 1. The van der Waals surface area contributed by atoms with Crippen LogP contribution >= 0.6 is 0 Å². The normalized spacial score (nSPS) is 14.4. The highest BCUT2D eigenvalue weighted by atomic mass is 16.5. The average Bonchev–Trinajstić information content (AvgIpc) is 3.22. The lowest BCUT2D eigenvalue weighted by Gasteiger charge is -2.36. The maximum absolute atomic E-state index is 6.92. The first kappa shape index (κ1) is 27.4. The zero-order valence-electron chi connectivity index (χ0n) is 27.3. The summed E-state index contributed by atoms with van der Waals surface area (Å²) in [5.74, 6) is 2.42. The van der Waals surface area contributed by atoms with Crippen LogP contribution in [0, 0.1) is 0 Å². The standard InChI is InChI=1S/C39H44BNO/c1-22(2)23-16-29-27-18-24(37(3,4)5)13-15-32(27)41-36(29)30(17-23)28-19-26(39(9,10)11)21-34-35(28)40(41)31-14-12-25(38(6,7)8)20-33(31)42-34/h12-22H,1-11H3. The minimum absolute atomic E-state index is 0.00153. The van der Waals surface area contributed by atoms with Gasteiger partial charge in [-0.05, 0) is 91.8 Å². The van der Waals surface area contributed by atoms with Gasteiger partial charge >= 0.3 is 6.85 Å². The fourth-order valence-electron chi connectivity index (χ4n) is 6.98. The monoisotopic (exact) mass is 553 g/mol. The minimum Gasteiger partial charge on any atom is -0.458 e. The van der Waals surface area contributed by atoms with Crippen LogP contribution in [0.15, 0.2) is 60.7 Å². The molecule has 4 aromatic carbocycles. The van der Waals surface area contributed by atoms with E-state index in [-0.39, 0.29) is 23.1 Å². The second kappa shape index (κ2) is 8.56. The van der Waals surface area contributed by atoms with E-state index in [2.05, 4.69) is 141 Å². The molecule has 0 radical (unpaired) electrons. The van der Waals surface area contributed by atoms with Gasteiger partial charge in [0.05, 0.1) is 0 Å². The van der Waals surface area contributed by atoms with Gasteiger partial charge in [-0.15, -0.1) is 0 Å². The van der Waals surface area contributed by atoms with Crippen LogP contribution in [-0.4, -0.2) is 11.3 Å². The third-order valence-electron chi connectivity index (χ3n) is 9.68. The number of aromatic nitrogens is 1. The van der Waals surface area contributed by atoms with Crippen molar-refractivity contribution >= 4 is 39.6 Å². The highest BCUT2D eigenvalue weighted by molar-refractivity contribution is 6.88. The van der Waals surface area contributed by atoms with Crippen LogP contribution in [-0.2, 0) is 16.2 Å². The number of nitrogens with zero attached hydrogens (tertiary/aromatic N) is 1. The van der Waals surface area contributed by atoms with Crippen LogP contribution in [0.25, 0.3) is 32.9 Å². The van der Waals surface area contributed by atoms with E-state index in [1.165, 1.54) is 66.1 Å². The third-order valence-corrected chi connectivity index (χ3v) is 9.68. The molecule has 0 atom stereocenters. The van der Waals surface area contributed by atoms with Crippen LogP contribution in [0.2, 0.25) is 0 Å². The summed E-state index contributed by atoms with van der Waals surface area (Å²) in [5.41, 5.74) is 13.3. The Morgan fingerprint density at radius 3 is 1.88 bits per heavy atom. The van der Waals surface area contributed by atoms with Crippen molar-refractivity contribution in [2.45, 2.75) is 98.3 Å². The zero-order chi connectivity index (χ0) is 30.1. The Morgan fingerprint density at radius 1 is 0.619 bits per heavy atom. The van der Waals surface area contributed by atoms with Crippen molar-refractivity contribution in [2.24, 2.45) is 0 Å². The molecule has 2 nitrogen and oxygen atoms in total. The molecule has 0 saturated carbocycles. The van der Waals surface area contributed by atoms with Crippen LogP contribution < -0.4 is 15.7 Å². The van der Waals surface area contributed by atoms with Crippen LogP contribution in [0.3, 0.4) is 0 Å². The predicted molar refractivity (Wildman–Crippen MR) is 182 cm³/mol. The summed E-state index contributed by atoms with van der Waals surface area (Å²) in [7, 11) is 0. The second-order valence-corrected chi connectivity index (χ2v) is 16.2. The van der Waals surface area contributed by atoms with Crippen LogP contribution in [0.5, 0.6) is 11.5 Å². The van der Waals surface area contributed by atoms with E-state index in [0.717, 1.165) is 11.5 Å². The quantitative estimate of drug-likeness (QED) is 0.185. The molecule has 214 valence electrons. The van der Waals surface area contributed by atoms with E-state index in [0.29, 0.717) is 5.92 Å². The van der Waals surface area contributed by atoms with Gasteiger partial charge in [-0.25, -0.2) is 0 Å². The third kappa shape index (κ3) is 3.92. The van der Waals surface area contributed by atoms with Crippen molar-refractivity contribution in [2.75, 3.05) is 0 Å². The van der Waals surface area contributed by atoms with E-state index in [1.807, 2.05) is 0 Å². The Hall–Kier alpha value is -3.46. The molecule has 3 heterocycles. The molecule has 0 fully saturated rings. The van der Waals surface area contributed by atoms with E-state index in [1.54, 1.807) is 0 Å². The van der Waals surface area contributed by atoms with Crippen LogP contribution in [0.1, 0.15) is 104 Å². The summed E-state index contributed by atoms with van der Waals surface area (Å²) in [4.78, 5) is 0. The molecule has 0 N–H and O–H groups in total. The van der Waals surface area contributed by atoms with Gasteiger partial charge in [0.15, 0.2) is 0 Å². The Balaban J connectivity index is 1.66. The van der Waals surface area contributed by atoms with Crippen molar-refractivity contribution in [3.63, 3.8) is 0 Å².